The zero-order valence-corrected chi connectivity index (χ0v) is 13.1. The summed E-state index contributed by atoms with van der Waals surface area (Å²) in [5.74, 6) is -0.00232. The Balaban J connectivity index is 1.96. The lowest BCUT2D eigenvalue weighted by molar-refractivity contribution is -0.140. The Hall–Kier alpha value is -1.15. The number of carbonyl (C=O) groups is 1. The summed E-state index contributed by atoms with van der Waals surface area (Å²) in [4.78, 5) is 15.7. The molecule has 4 nitrogen and oxygen atoms in total. The molecule has 124 valence electrons. The monoisotopic (exact) mass is 335 g/mol. The van der Waals surface area contributed by atoms with Gasteiger partial charge in [0.25, 0.3) is 0 Å². The summed E-state index contributed by atoms with van der Waals surface area (Å²) in [5.41, 5.74) is 5.03. The number of hydrogen-bond donors (Lipinski definition) is 2. The first-order chi connectivity index (χ1) is 10.3. The third kappa shape index (κ3) is 4.19. The first-order valence-electron chi connectivity index (χ1n) is 7.38. The van der Waals surface area contributed by atoms with Crippen LogP contribution < -0.4 is 11.1 Å². The highest BCUT2D eigenvalue weighted by Gasteiger charge is 2.34. The predicted molar refractivity (Wildman–Crippen MR) is 78.2 cm³/mol. The van der Waals surface area contributed by atoms with Crippen LogP contribution >= 0.6 is 11.3 Å². The number of nitrogens with one attached hydrogen (secondary N) is 1. The van der Waals surface area contributed by atoms with Crippen molar-refractivity contribution in [1.29, 1.82) is 0 Å². The second kappa shape index (κ2) is 6.95. The van der Waals surface area contributed by atoms with E-state index in [4.69, 9.17) is 5.73 Å². The van der Waals surface area contributed by atoms with Gasteiger partial charge >= 0.3 is 6.18 Å². The molecule has 0 aromatic carbocycles. The summed E-state index contributed by atoms with van der Waals surface area (Å²) in [6, 6.07) is -0.436. The van der Waals surface area contributed by atoms with Crippen LogP contribution in [0.4, 0.5) is 13.2 Å². The van der Waals surface area contributed by atoms with Crippen LogP contribution in [0.5, 0.6) is 0 Å². The van der Waals surface area contributed by atoms with E-state index in [0.29, 0.717) is 17.8 Å². The molecule has 1 aromatic heterocycles. The number of rotatable bonds is 5. The fraction of sp³-hybridized carbons (Fsp3) is 0.714. The summed E-state index contributed by atoms with van der Waals surface area (Å²) in [6.07, 6.45) is -0.745. The maximum Gasteiger partial charge on any atom is 0.434 e. The van der Waals surface area contributed by atoms with E-state index in [-0.39, 0.29) is 17.9 Å². The molecule has 1 heterocycles. The van der Waals surface area contributed by atoms with Crippen molar-refractivity contribution in [3.05, 3.63) is 16.1 Å². The molecule has 1 fully saturated rings. The van der Waals surface area contributed by atoms with Crippen LogP contribution in [0, 0.1) is 5.92 Å². The molecule has 1 aliphatic carbocycles. The number of amides is 1. The summed E-state index contributed by atoms with van der Waals surface area (Å²) in [7, 11) is 0. The minimum absolute atomic E-state index is 0.0440. The van der Waals surface area contributed by atoms with Crippen molar-refractivity contribution in [3.63, 3.8) is 0 Å². The molecule has 22 heavy (non-hydrogen) atoms. The predicted octanol–water partition coefficient (Wildman–Crippen LogP) is 3.25. The van der Waals surface area contributed by atoms with E-state index in [0.717, 1.165) is 36.0 Å². The van der Waals surface area contributed by atoms with Gasteiger partial charge in [0, 0.05) is 17.8 Å². The van der Waals surface area contributed by atoms with Crippen LogP contribution in [0.2, 0.25) is 0 Å². The normalized spacial score (nSPS) is 23.5. The maximum absolute atomic E-state index is 12.6. The van der Waals surface area contributed by atoms with Gasteiger partial charge in [-0.15, -0.1) is 11.3 Å². The van der Waals surface area contributed by atoms with E-state index in [1.165, 1.54) is 0 Å². The summed E-state index contributed by atoms with van der Waals surface area (Å²) >= 11 is 0.924. The number of thiazole rings is 1. The number of alkyl halides is 3. The average molecular weight is 335 g/mol. The number of halogens is 3. The number of nitrogens with two attached hydrogens (primary N) is 1. The van der Waals surface area contributed by atoms with Crippen LogP contribution in [0.1, 0.15) is 55.8 Å². The van der Waals surface area contributed by atoms with Crippen LogP contribution in [0.15, 0.2) is 5.38 Å². The van der Waals surface area contributed by atoms with E-state index in [1.54, 1.807) is 6.92 Å². The molecule has 1 saturated carbocycles. The second-order valence-electron chi connectivity index (χ2n) is 5.66. The van der Waals surface area contributed by atoms with Gasteiger partial charge in [-0.2, -0.15) is 13.2 Å². The van der Waals surface area contributed by atoms with Gasteiger partial charge in [-0.25, -0.2) is 4.98 Å². The minimum Gasteiger partial charge on any atom is -0.347 e. The van der Waals surface area contributed by atoms with Crippen molar-refractivity contribution in [2.24, 2.45) is 11.7 Å². The molecule has 1 aliphatic rings. The van der Waals surface area contributed by atoms with Gasteiger partial charge in [-0.1, -0.05) is 13.3 Å². The fourth-order valence-electron chi connectivity index (χ4n) is 2.73. The van der Waals surface area contributed by atoms with Crippen LogP contribution in [-0.4, -0.2) is 16.9 Å². The molecule has 1 aromatic rings. The summed E-state index contributed by atoms with van der Waals surface area (Å²) in [6.45, 7) is 1.81. The first-order valence-corrected chi connectivity index (χ1v) is 8.26. The number of nitrogens with zero attached hydrogens (tertiary/aromatic N) is 1. The van der Waals surface area contributed by atoms with Crippen molar-refractivity contribution in [2.45, 2.75) is 57.3 Å². The largest absolute Gasteiger partial charge is 0.434 e. The molecule has 3 atom stereocenters. The average Bonchev–Trinajstić information content (AvgIpc) is 3.05. The molecule has 1 unspecified atom stereocenters. The number of aromatic nitrogens is 1. The molecule has 0 bridgehead atoms. The zero-order valence-electron chi connectivity index (χ0n) is 12.3. The zero-order chi connectivity index (χ0) is 16.3. The molecule has 0 saturated heterocycles. The van der Waals surface area contributed by atoms with Crippen molar-refractivity contribution in [3.8, 4) is 0 Å². The molecule has 1 amide bonds. The standard InChI is InChI=1S/C14H20F3N3OS/c1-2-10(13-20-11(7-22-13)14(15,16)17)19-12(21)6-8-4-3-5-9(8)18/h7-10H,2-6,18H2,1H3,(H,19,21)/t8-,9+,10?/m0/s1. The molecular weight excluding hydrogens is 315 g/mol. The van der Waals surface area contributed by atoms with Gasteiger partial charge in [-0.3, -0.25) is 4.79 Å². The fourth-order valence-corrected chi connectivity index (χ4v) is 3.69. The first kappa shape index (κ1) is 17.2. The highest BCUT2D eigenvalue weighted by atomic mass is 32.1. The highest BCUT2D eigenvalue weighted by Crippen LogP contribution is 2.32. The second-order valence-corrected chi connectivity index (χ2v) is 6.55. The Morgan fingerprint density at radius 2 is 2.27 bits per heavy atom. The summed E-state index contributed by atoms with van der Waals surface area (Å²) in [5, 5.41) is 4.06. The molecule has 2 rings (SSSR count). The summed E-state index contributed by atoms with van der Waals surface area (Å²) < 4.78 is 37.8. The van der Waals surface area contributed by atoms with Gasteiger partial charge in [0.05, 0.1) is 6.04 Å². The van der Waals surface area contributed by atoms with Crippen LogP contribution in [-0.2, 0) is 11.0 Å². The molecule has 8 heteroatoms. The third-order valence-corrected chi connectivity index (χ3v) is 4.98. The van der Waals surface area contributed by atoms with Crippen LogP contribution in [0.25, 0.3) is 0 Å². The highest BCUT2D eigenvalue weighted by molar-refractivity contribution is 7.09. The van der Waals surface area contributed by atoms with Gasteiger partial charge in [0.1, 0.15) is 5.01 Å². The maximum atomic E-state index is 12.6. The van der Waals surface area contributed by atoms with Crippen molar-refractivity contribution in [1.82, 2.24) is 10.3 Å². The van der Waals surface area contributed by atoms with Crippen LogP contribution in [0.3, 0.4) is 0 Å². The third-order valence-electron chi connectivity index (χ3n) is 4.02. The lowest BCUT2D eigenvalue weighted by atomic mass is 9.99. The topological polar surface area (TPSA) is 68.0 Å². The lowest BCUT2D eigenvalue weighted by Gasteiger charge is -2.18. The van der Waals surface area contributed by atoms with Crippen molar-refractivity contribution >= 4 is 17.2 Å². The number of carbonyl (C=O) groups excluding carboxylic acids is 1. The van der Waals surface area contributed by atoms with Crippen molar-refractivity contribution in [2.75, 3.05) is 0 Å². The molecule has 0 spiro atoms. The van der Waals surface area contributed by atoms with E-state index in [9.17, 15) is 18.0 Å². The van der Waals surface area contributed by atoms with E-state index in [1.807, 2.05) is 0 Å². The van der Waals surface area contributed by atoms with Gasteiger partial charge < -0.3 is 11.1 Å². The molecule has 0 radical (unpaired) electrons. The van der Waals surface area contributed by atoms with Gasteiger partial charge in [-0.05, 0) is 25.2 Å². The minimum atomic E-state index is -4.45. The Morgan fingerprint density at radius 1 is 1.55 bits per heavy atom. The van der Waals surface area contributed by atoms with Gasteiger partial charge in [0.2, 0.25) is 5.91 Å². The lowest BCUT2D eigenvalue weighted by Crippen LogP contribution is -2.33. The van der Waals surface area contributed by atoms with Crippen molar-refractivity contribution < 1.29 is 18.0 Å². The Bertz CT molecular complexity index is 518. The Morgan fingerprint density at radius 3 is 2.77 bits per heavy atom. The Kier molecular flexibility index (Phi) is 5.44. The van der Waals surface area contributed by atoms with Gasteiger partial charge in [0.15, 0.2) is 5.69 Å². The van der Waals surface area contributed by atoms with E-state index in [2.05, 4.69) is 10.3 Å². The van der Waals surface area contributed by atoms with E-state index >= 15 is 0 Å². The Labute approximate surface area is 131 Å². The number of hydrogen-bond acceptors (Lipinski definition) is 4. The SMILES string of the molecule is CCC(NC(=O)C[C@@H]1CCC[C@H]1N)c1nc(C(F)(F)F)cs1. The quantitative estimate of drug-likeness (QED) is 0.868. The smallest absolute Gasteiger partial charge is 0.347 e. The van der Waals surface area contributed by atoms with E-state index < -0.39 is 17.9 Å². The molecule has 0 aliphatic heterocycles. The molecule has 3 N–H and O–H groups in total. The molecular formula is C14H20F3N3OS.